The van der Waals surface area contributed by atoms with Crippen LogP contribution in [0.25, 0.3) is 0 Å². The number of nitrogens with one attached hydrogen (secondary N) is 1. The molecule has 1 unspecified atom stereocenters. The summed E-state index contributed by atoms with van der Waals surface area (Å²) in [4.78, 5) is 1.44. The molecule has 1 heterocycles. The Hall–Kier alpha value is -0.510. The van der Waals surface area contributed by atoms with E-state index in [-0.39, 0.29) is 5.60 Å². The molecule has 1 aromatic rings. The monoisotopic (exact) mass is 249 g/mol. The van der Waals surface area contributed by atoms with Gasteiger partial charge in [-0.2, -0.15) is 0 Å². The Labute approximate surface area is 107 Å². The number of hydrogen-bond donors (Lipinski definition) is 1. The highest BCUT2D eigenvalue weighted by atomic mass is 32.2. The van der Waals surface area contributed by atoms with Crippen LogP contribution in [0.2, 0.25) is 0 Å². The number of thioether (sulfide) groups is 1. The molecule has 92 valence electrons. The fraction of sp³-hybridized carbons (Fsp3) is 0.571. The zero-order valence-electron chi connectivity index (χ0n) is 10.2. The number of ether oxygens (including phenoxy) is 1. The van der Waals surface area contributed by atoms with Gasteiger partial charge in [0, 0.05) is 30.3 Å². The first-order valence-electron chi connectivity index (χ1n) is 6.33. The predicted molar refractivity (Wildman–Crippen MR) is 71.5 cm³/mol. The first-order valence-corrected chi connectivity index (χ1v) is 7.32. The summed E-state index contributed by atoms with van der Waals surface area (Å²) < 4.78 is 5.65. The Balaban J connectivity index is 1.64. The van der Waals surface area contributed by atoms with E-state index in [1.807, 2.05) is 18.9 Å². The van der Waals surface area contributed by atoms with Crippen LogP contribution in [0.4, 0.5) is 0 Å². The highest BCUT2D eigenvalue weighted by Gasteiger charge is 2.37. The fourth-order valence-corrected chi connectivity index (χ4v) is 3.86. The van der Waals surface area contributed by atoms with Crippen LogP contribution in [0, 0.1) is 0 Å². The molecule has 17 heavy (non-hydrogen) atoms. The molecule has 1 fully saturated rings. The average Bonchev–Trinajstić information content (AvgIpc) is 2.72. The van der Waals surface area contributed by atoms with Crippen molar-refractivity contribution in [3.63, 3.8) is 0 Å². The molecular formula is C14H19NOS. The Morgan fingerprint density at radius 3 is 2.94 bits per heavy atom. The second-order valence-corrected chi connectivity index (χ2v) is 6.08. The van der Waals surface area contributed by atoms with Gasteiger partial charge in [-0.25, -0.2) is 0 Å². The van der Waals surface area contributed by atoms with Crippen molar-refractivity contribution in [3.8, 4) is 0 Å². The van der Waals surface area contributed by atoms with E-state index in [9.17, 15) is 0 Å². The van der Waals surface area contributed by atoms with Crippen molar-refractivity contribution in [1.82, 2.24) is 5.32 Å². The maximum Gasteiger partial charge on any atom is 0.0802 e. The van der Waals surface area contributed by atoms with E-state index in [4.69, 9.17) is 4.74 Å². The number of rotatable bonds is 4. The van der Waals surface area contributed by atoms with Gasteiger partial charge in [0.15, 0.2) is 0 Å². The van der Waals surface area contributed by atoms with Crippen LogP contribution in [-0.2, 0) is 4.74 Å². The van der Waals surface area contributed by atoms with Crippen LogP contribution in [0.3, 0.4) is 0 Å². The first kappa shape index (κ1) is 11.6. The lowest BCUT2D eigenvalue weighted by atomic mass is 9.80. The molecule has 1 aromatic carbocycles. The number of methoxy groups -OCH3 is 1. The summed E-state index contributed by atoms with van der Waals surface area (Å²) in [6, 6.07) is 9.22. The van der Waals surface area contributed by atoms with Crippen LogP contribution < -0.4 is 5.32 Å². The van der Waals surface area contributed by atoms with Gasteiger partial charge in [0.2, 0.25) is 0 Å². The van der Waals surface area contributed by atoms with Crippen LogP contribution in [0.15, 0.2) is 29.2 Å². The van der Waals surface area contributed by atoms with Crippen molar-refractivity contribution < 1.29 is 4.74 Å². The smallest absolute Gasteiger partial charge is 0.0802 e. The van der Waals surface area contributed by atoms with Crippen molar-refractivity contribution in [1.29, 1.82) is 0 Å². The molecule has 1 aliphatic heterocycles. The van der Waals surface area contributed by atoms with Gasteiger partial charge in [-0.3, -0.25) is 0 Å². The topological polar surface area (TPSA) is 21.3 Å². The van der Waals surface area contributed by atoms with Crippen molar-refractivity contribution >= 4 is 11.8 Å². The minimum atomic E-state index is 0.127. The summed E-state index contributed by atoms with van der Waals surface area (Å²) in [6.07, 6.45) is 3.72. The van der Waals surface area contributed by atoms with Gasteiger partial charge in [-0.15, -0.1) is 11.8 Å². The zero-order chi connectivity index (χ0) is 11.7. The zero-order valence-corrected chi connectivity index (χ0v) is 11.1. The Morgan fingerprint density at radius 1 is 1.41 bits per heavy atom. The van der Waals surface area contributed by atoms with Crippen molar-refractivity contribution in [2.75, 3.05) is 19.4 Å². The number of hydrogen-bond acceptors (Lipinski definition) is 3. The van der Waals surface area contributed by atoms with Crippen molar-refractivity contribution in [2.45, 2.75) is 35.8 Å². The van der Waals surface area contributed by atoms with E-state index in [0.717, 1.165) is 12.3 Å². The molecule has 0 spiro atoms. The lowest BCUT2D eigenvalue weighted by Gasteiger charge is -2.41. The lowest BCUT2D eigenvalue weighted by molar-refractivity contribution is -0.0705. The minimum absolute atomic E-state index is 0.127. The highest BCUT2D eigenvalue weighted by Crippen LogP contribution is 2.39. The molecule has 0 radical (unpaired) electrons. The third-order valence-corrected chi connectivity index (χ3v) is 5.25. The first-order chi connectivity index (χ1) is 8.33. The summed E-state index contributed by atoms with van der Waals surface area (Å²) in [6.45, 7) is 0.989. The molecule has 2 aliphatic rings. The minimum Gasteiger partial charge on any atom is -0.377 e. The van der Waals surface area contributed by atoms with E-state index in [0.29, 0.717) is 6.04 Å². The van der Waals surface area contributed by atoms with Crippen molar-refractivity contribution in [3.05, 3.63) is 29.8 Å². The molecule has 1 atom stereocenters. The molecule has 1 N–H and O–H groups in total. The molecule has 1 aliphatic carbocycles. The van der Waals surface area contributed by atoms with Gasteiger partial charge in [-0.1, -0.05) is 18.2 Å². The number of benzene rings is 1. The molecule has 2 nitrogen and oxygen atoms in total. The summed E-state index contributed by atoms with van der Waals surface area (Å²) in [5.74, 6) is 1.15. The fourth-order valence-electron chi connectivity index (χ4n) is 2.67. The lowest BCUT2D eigenvalue weighted by Crippen LogP contribution is -2.48. The van der Waals surface area contributed by atoms with Gasteiger partial charge < -0.3 is 10.1 Å². The van der Waals surface area contributed by atoms with E-state index in [1.54, 1.807) is 0 Å². The second-order valence-electron chi connectivity index (χ2n) is 5.02. The molecular weight excluding hydrogens is 230 g/mol. The van der Waals surface area contributed by atoms with Gasteiger partial charge in [0.05, 0.1) is 5.60 Å². The van der Waals surface area contributed by atoms with Crippen LogP contribution in [0.5, 0.6) is 0 Å². The maximum atomic E-state index is 5.65. The molecule has 3 heteroatoms. The van der Waals surface area contributed by atoms with Crippen LogP contribution in [0.1, 0.15) is 30.9 Å². The van der Waals surface area contributed by atoms with Crippen molar-refractivity contribution in [2.24, 2.45) is 0 Å². The van der Waals surface area contributed by atoms with E-state index < -0.39 is 0 Å². The average molecular weight is 249 g/mol. The quantitative estimate of drug-likeness (QED) is 0.886. The molecule has 3 rings (SSSR count). The standard InChI is InChI=1S/C14H19NOS/c1-16-14(7-4-8-14)10-15-12-9-17-13-6-3-2-5-11(12)13/h2-3,5-6,12,15H,4,7-10H2,1H3. The Morgan fingerprint density at radius 2 is 2.24 bits per heavy atom. The summed E-state index contributed by atoms with van der Waals surface area (Å²) in [7, 11) is 1.85. The summed E-state index contributed by atoms with van der Waals surface area (Å²) in [5, 5.41) is 3.69. The molecule has 1 saturated carbocycles. The van der Waals surface area contributed by atoms with E-state index in [2.05, 4.69) is 29.6 Å². The largest absolute Gasteiger partial charge is 0.377 e. The van der Waals surface area contributed by atoms with Gasteiger partial charge in [-0.05, 0) is 30.9 Å². The third-order valence-electron chi connectivity index (χ3n) is 4.07. The molecule has 0 amide bonds. The van der Waals surface area contributed by atoms with E-state index in [1.165, 1.54) is 29.7 Å². The summed E-state index contributed by atoms with van der Waals surface area (Å²) in [5.41, 5.74) is 1.59. The van der Waals surface area contributed by atoms with Crippen LogP contribution in [-0.4, -0.2) is 25.0 Å². The SMILES string of the molecule is COC1(CNC2CSc3ccccc32)CCC1. The Kier molecular flexibility index (Phi) is 3.16. The van der Waals surface area contributed by atoms with Gasteiger partial charge in [0.25, 0.3) is 0 Å². The number of fused-ring (bicyclic) bond motifs is 1. The van der Waals surface area contributed by atoms with E-state index >= 15 is 0 Å². The van der Waals surface area contributed by atoms with Gasteiger partial charge >= 0.3 is 0 Å². The second kappa shape index (κ2) is 4.63. The third kappa shape index (κ3) is 2.12. The van der Waals surface area contributed by atoms with Crippen LogP contribution >= 0.6 is 11.8 Å². The molecule has 0 aromatic heterocycles. The predicted octanol–water partition coefficient (Wildman–Crippen LogP) is 2.99. The van der Waals surface area contributed by atoms with Gasteiger partial charge in [0.1, 0.15) is 0 Å². The Bertz CT molecular complexity index is 397. The highest BCUT2D eigenvalue weighted by molar-refractivity contribution is 7.99. The summed E-state index contributed by atoms with van der Waals surface area (Å²) >= 11 is 1.96. The maximum absolute atomic E-state index is 5.65. The normalized spacial score (nSPS) is 25.4. The molecule has 0 bridgehead atoms. The molecule has 0 saturated heterocycles.